The molecular weight excluding hydrogens is 551 g/mol. The summed E-state index contributed by atoms with van der Waals surface area (Å²) < 4.78 is 90.7. The normalized spacial score (nSPS) is 22.5. The van der Waals surface area contributed by atoms with Gasteiger partial charge in [0.05, 0.1) is 11.1 Å². The fourth-order valence-corrected chi connectivity index (χ4v) is 10.7. The van der Waals surface area contributed by atoms with Crippen LogP contribution in [0.4, 0.5) is 26.3 Å². The highest BCUT2D eigenvalue weighted by Crippen LogP contribution is 2.66. The van der Waals surface area contributed by atoms with E-state index in [0.717, 1.165) is 56.8 Å². The number of thioether (sulfide) groups is 3. The summed E-state index contributed by atoms with van der Waals surface area (Å²) in [5, 5.41) is 0. The average Bonchev–Trinajstić information content (AvgIpc) is 3.21. The van der Waals surface area contributed by atoms with Gasteiger partial charge in [0.15, 0.2) is 0 Å². The molecule has 2 aromatic rings. The van der Waals surface area contributed by atoms with Crippen molar-refractivity contribution in [1.82, 2.24) is 0 Å². The van der Waals surface area contributed by atoms with Gasteiger partial charge in [0.1, 0.15) is 0 Å². The smallest absolute Gasteiger partial charge is 0.194 e. The Morgan fingerprint density at radius 1 is 0.559 bits per heavy atom. The van der Waals surface area contributed by atoms with Crippen LogP contribution in [-0.4, -0.2) is 40.8 Å². The summed E-state index contributed by atoms with van der Waals surface area (Å²) in [7, 11) is 0. The van der Waals surface area contributed by atoms with E-state index in [9.17, 15) is 8.78 Å². The zero-order valence-corrected chi connectivity index (χ0v) is 23.1. The molecule has 1 aliphatic heterocycles. The minimum atomic E-state index is -5.51. The zero-order valence-electron chi connectivity index (χ0n) is 19.1. The molecule has 188 valence electrons. The van der Waals surface area contributed by atoms with Crippen molar-refractivity contribution in [2.45, 2.75) is 57.0 Å². The molecule has 11 heteroatoms. The van der Waals surface area contributed by atoms with Gasteiger partial charge < -0.3 is 0 Å². The van der Waals surface area contributed by atoms with Crippen molar-refractivity contribution >= 4 is 69.1 Å². The van der Waals surface area contributed by atoms with Crippen molar-refractivity contribution in [3.05, 3.63) is 41.8 Å². The number of alkyl halides is 6. The predicted molar refractivity (Wildman–Crippen MR) is 139 cm³/mol. The van der Waals surface area contributed by atoms with Gasteiger partial charge in [-0.25, -0.2) is 0 Å². The van der Waals surface area contributed by atoms with Crippen molar-refractivity contribution in [2.75, 3.05) is 23.0 Å². The van der Waals surface area contributed by atoms with Crippen LogP contribution in [0.3, 0.4) is 0 Å². The molecule has 0 amide bonds. The Kier molecular flexibility index (Phi) is 7.55. The first-order valence-electron chi connectivity index (χ1n) is 10.6. The number of fused-ring (bicyclic) bond motifs is 6. The van der Waals surface area contributed by atoms with E-state index in [1.165, 1.54) is 0 Å². The quantitative estimate of drug-likeness (QED) is 0.288. The van der Waals surface area contributed by atoms with Crippen molar-refractivity contribution in [3.63, 3.8) is 0 Å². The lowest BCUT2D eigenvalue weighted by molar-refractivity contribution is -0.254. The summed E-state index contributed by atoms with van der Waals surface area (Å²) in [5.74, 6) is -10.8. The van der Waals surface area contributed by atoms with E-state index in [0.29, 0.717) is 32.4 Å². The standard InChI is InChI=1S/C23H24F6S5/c1-11-15-9-31-7-5-30-6-8-32-10-16-12(2)20(34-14(16)4)18-17(19(11)33-13(15)3)21(24,25)23(28,29)22(18,26)27/h5-10H2,1-4H3. The Morgan fingerprint density at radius 3 is 1.29 bits per heavy atom. The summed E-state index contributed by atoms with van der Waals surface area (Å²) >= 11 is 6.98. The van der Waals surface area contributed by atoms with E-state index in [4.69, 9.17) is 0 Å². The molecule has 0 saturated carbocycles. The fraction of sp³-hybridized carbons (Fsp3) is 0.565. The van der Waals surface area contributed by atoms with E-state index in [1.54, 1.807) is 51.2 Å². The largest absolute Gasteiger partial charge is 0.380 e. The minimum absolute atomic E-state index is 0.148. The number of thiophene rings is 2. The molecule has 2 aliphatic rings. The van der Waals surface area contributed by atoms with Crippen LogP contribution in [0.2, 0.25) is 0 Å². The molecule has 0 spiro atoms. The topological polar surface area (TPSA) is 0 Å². The van der Waals surface area contributed by atoms with Crippen molar-refractivity contribution in [2.24, 2.45) is 0 Å². The van der Waals surface area contributed by atoms with Gasteiger partial charge in [-0.2, -0.15) is 61.6 Å². The van der Waals surface area contributed by atoms with Crippen LogP contribution in [0.1, 0.15) is 41.8 Å². The molecule has 0 unspecified atom stereocenters. The van der Waals surface area contributed by atoms with Crippen molar-refractivity contribution in [1.29, 1.82) is 0 Å². The van der Waals surface area contributed by atoms with Crippen LogP contribution < -0.4 is 0 Å². The van der Waals surface area contributed by atoms with Gasteiger partial charge in [-0.3, -0.25) is 0 Å². The Balaban J connectivity index is 2.02. The van der Waals surface area contributed by atoms with Gasteiger partial charge in [-0.05, 0) is 49.9 Å². The second-order valence-corrected chi connectivity index (χ2v) is 14.3. The second-order valence-electron chi connectivity index (χ2n) is 8.37. The number of halogens is 6. The first-order chi connectivity index (χ1) is 15.8. The van der Waals surface area contributed by atoms with Crippen LogP contribution in [-0.2, 0) is 11.5 Å². The highest BCUT2D eigenvalue weighted by Gasteiger charge is 2.80. The van der Waals surface area contributed by atoms with E-state index < -0.39 is 28.9 Å². The number of aryl methyl sites for hydroxylation is 2. The molecule has 34 heavy (non-hydrogen) atoms. The molecule has 3 heterocycles. The SMILES string of the molecule is Cc1sc2c(C)c1CSCCSCCSCc1c(C)sc(c1C)C1=C2C(F)(F)C(F)(F)C1(F)F. The van der Waals surface area contributed by atoms with Crippen LogP contribution in [0.25, 0.3) is 11.1 Å². The lowest BCUT2D eigenvalue weighted by Gasteiger charge is -2.25. The van der Waals surface area contributed by atoms with Gasteiger partial charge in [-0.1, -0.05) is 0 Å². The molecule has 0 nitrogen and oxygen atoms in total. The number of hydrogen-bond donors (Lipinski definition) is 0. The third-order valence-electron chi connectivity index (χ3n) is 6.30. The van der Waals surface area contributed by atoms with E-state index in [-0.39, 0.29) is 9.75 Å². The number of allylic oxidation sites excluding steroid dienone is 2. The molecule has 0 saturated heterocycles. The summed E-state index contributed by atoms with van der Waals surface area (Å²) in [4.78, 5) is 1.10. The van der Waals surface area contributed by atoms with Gasteiger partial charge in [-0.15, -0.1) is 22.7 Å². The zero-order chi connectivity index (χ0) is 25.1. The van der Waals surface area contributed by atoms with Gasteiger partial charge >= 0.3 is 17.8 Å². The van der Waals surface area contributed by atoms with E-state index in [2.05, 4.69) is 0 Å². The first kappa shape index (κ1) is 26.8. The Labute approximate surface area is 216 Å². The van der Waals surface area contributed by atoms with Gasteiger partial charge in [0.2, 0.25) is 0 Å². The van der Waals surface area contributed by atoms with Crippen molar-refractivity contribution < 1.29 is 26.3 Å². The van der Waals surface area contributed by atoms with Crippen LogP contribution in [0.15, 0.2) is 0 Å². The Morgan fingerprint density at radius 2 is 0.912 bits per heavy atom. The molecule has 4 bridgehead atoms. The molecule has 1 aliphatic carbocycles. The van der Waals surface area contributed by atoms with Gasteiger partial charge in [0.25, 0.3) is 0 Å². The lowest BCUT2D eigenvalue weighted by atomic mass is 9.98. The molecule has 0 fully saturated rings. The second kappa shape index (κ2) is 9.58. The van der Waals surface area contributed by atoms with Crippen LogP contribution in [0.5, 0.6) is 0 Å². The van der Waals surface area contributed by atoms with Crippen molar-refractivity contribution in [3.8, 4) is 0 Å². The summed E-state index contributed by atoms with van der Waals surface area (Å²) in [5.41, 5.74) is -0.0593. The molecule has 0 aromatic carbocycles. The maximum atomic E-state index is 15.3. The van der Waals surface area contributed by atoms with Crippen LogP contribution in [0, 0.1) is 27.7 Å². The van der Waals surface area contributed by atoms with Crippen LogP contribution >= 0.6 is 58.0 Å². The summed E-state index contributed by atoms with van der Waals surface area (Å²) in [6.45, 7) is 6.65. The highest BCUT2D eigenvalue weighted by molar-refractivity contribution is 8.04. The molecule has 0 atom stereocenters. The molecule has 0 radical (unpaired) electrons. The Hall–Kier alpha value is -0.230. The maximum absolute atomic E-state index is 15.3. The van der Waals surface area contributed by atoms with E-state index in [1.807, 2.05) is 11.8 Å². The first-order valence-corrected chi connectivity index (χ1v) is 15.7. The lowest BCUT2D eigenvalue weighted by Crippen LogP contribution is -2.48. The third-order valence-corrected chi connectivity index (χ3v) is 12.3. The number of hydrogen-bond acceptors (Lipinski definition) is 5. The monoisotopic (exact) mass is 574 g/mol. The fourth-order valence-electron chi connectivity index (χ4n) is 4.31. The molecule has 2 aromatic heterocycles. The third kappa shape index (κ3) is 4.09. The molecule has 4 rings (SSSR count). The highest BCUT2D eigenvalue weighted by atomic mass is 32.2. The van der Waals surface area contributed by atoms with E-state index >= 15 is 17.6 Å². The Bertz CT molecular complexity index is 1040. The molecule has 0 N–H and O–H groups in total. The summed E-state index contributed by atoms with van der Waals surface area (Å²) in [6, 6.07) is 0. The number of rotatable bonds is 0. The maximum Gasteiger partial charge on any atom is 0.380 e. The average molecular weight is 575 g/mol. The molecular formula is C23H24F6S5. The van der Waals surface area contributed by atoms with Gasteiger partial charge in [0, 0.05) is 54.0 Å². The predicted octanol–water partition coefficient (Wildman–Crippen LogP) is 9.09. The minimum Gasteiger partial charge on any atom is -0.194 e. The summed E-state index contributed by atoms with van der Waals surface area (Å²) in [6.07, 6.45) is 0.